The zero-order valence-electron chi connectivity index (χ0n) is 11.5. The normalized spacial score (nSPS) is 18.2. The number of amides is 1. The molecule has 0 radical (unpaired) electrons. The molecule has 0 aromatic carbocycles. The van der Waals surface area contributed by atoms with Gasteiger partial charge in [0.1, 0.15) is 12.7 Å². The van der Waals surface area contributed by atoms with E-state index in [1.807, 2.05) is 6.92 Å². The zero-order chi connectivity index (χ0) is 13.5. The van der Waals surface area contributed by atoms with Crippen molar-refractivity contribution in [3.05, 3.63) is 12.7 Å². The molecule has 1 atom stereocenters. The Bertz CT molecular complexity index is 372. The van der Waals surface area contributed by atoms with Crippen LogP contribution in [-0.2, 0) is 11.3 Å². The molecule has 1 unspecified atom stereocenters. The van der Waals surface area contributed by atoms with Crippen molar-refractivity contribution in [3.8, 4) is 0 Å². The maximum absolute atomic E-state index is 11.9. The van der Waals surface area contributed by atoms with Gasteiger partial charge in [-0.05, 0) is 45.2 Å². The fourth-order valence-electron chi connectivity index (χ4n) is 2.51. The molecule has 6 heteroatoms. The van der Waals surface area contributed by atoms with Crippen LogP contribution in [0.1, 0.15) is 32.6 Å². The molecule has 1 aromatic heterocycles. The number of rotatable bonds is 6. The molecule has 19 heavy (non-hydrogen) atoms. The first-order valence-electron chi connectivity index (χ1n) is 7.06. The van der Waals surface area contributed by atoms with Crippen LogP contribution in [0.3, 0.4) is 0 Å². The lowest BCUT2D eigenvalue weighted by Gasteiger charge is -2.22. The van der Waals surface area contributed by atoms with Gasteiger partial charge in [0.25, 0.3) is 0 Å². The lowest BCUT2D eigenvalue weighted by atomic mass is 9.93. The molecule has 1 amide bonds. The summed E-state index contributed by atoms with van der Waals surface area (Å²) in [6.45, 7) is 4.84. The van der Waals surface area contributed by atoms with E-state index in [1.165, 1.54) is 19.2 Å². The van der Waals surface area contributed by atoms with E-state index in [-0.39, 0.29) is 11.9 Å². The SMILES string of the molecule is CC(Cn1cncn1)NC(=O)CCC1CCNCC1. The first-order chi connectivity index (χ1) is 9.24. The minimum atomic E-state index is 0.0854. The molecule has 0 spiro atoms. The summed E-state index contributed by atoms with van der Waals surface area (Å²) in [5, 5.41) is 10.4. The number of aromatic nitrogens is 3. The minimum absolute atomic E-state index is 0.0854. The van der Waals surface area contributed by atoms with Crippen molar-refractivity contribution in [1.82, 2.24) is 25.4 Å². The first kappa shape index (κ1) is 14.0. The quantitative estimate of drug-likeness (QED) is 0.788. The molecule has 1 saturated heterocycles. The van der Waals surface area contributed by atoms with E-state index in [1.54, 1.807) is 11.0 Å². The van der Waals surface area contributed by atoms with E-state index in [0.717, 1.165) is 19.5 Å². The second kappa shape index (κ2) is 7.23. The predicted octanol–water partition coefficient (Wildman–Crippen LogP) is 0.563. The van der Waals surface area contributed by atoms with E-state index in [2.05, 4.69) is 20.7 Å². The molecule has 2 N–H and O–H groups in total. The molecular formula is C13H23N5O. The highest BCUT2D eigenvalue weighted by Gasteiger charge is 2.15. The van der Waals surface area contributed by atoms with Crippen LogP contribution in [0, 0.1) is 5.92 Å². The van der Waals surface area contributed by atoms with Gasteiger partial charge >= 0.3 is 0 Å². The van der Waals surface area contributed by atoms with Crippen LogP contribution < -0.4 is 10.6 Å². The highest BCUT2D eigenvalue weighted by atomic mass is 16.1. The average molecular weight is 265 g/mol. The second-order valence-electron chi connectivity index (χ2n) is 5.32. The van der Waals surface area contributed by atoms with Gasteiger partial charge in [-0.1, -0.05) is 0 Å². The Morgan fingerprint density at radius 1 is 1.53 bits per heavy atom. The summed E-state index contributed by atoms with van der Waals surface area (Å²) in [6, 6.07) is 0.0854. The molecule has 106 valence electrons. The maximum atomic E-state index is 11.9. The number of hydrogen-bond donors (Lipinski definition) is 2. The smallest absolute Gasteiger partial charge is 0.220 e. The van der Waals surface area contributed by atoms with Crippen molar-refractivity contribution in [2.75, 3.05) is 13.1 Å². The average Bonchev–Trinajstić information content (AvgIpc) is 2.90. The van der Waals surface area contributed by atoms with Crippen molar-refractivity contribution < 1.29 is 4.79 Å². The molecule has 2 rings (SSSR count). The Kier molecular flexibility index (Phi) is 5.32. The number of nitrogens with zero attached hydrogens (tertiary/aromatic N) is 3. The zero-order valence-corrected chi connectivity index (χ0v) is 11.5. The van der Waals surface area contributed by atoms with E-state index < -0.39 is 0 Å². The van der Waals surface area contributed by atoms with Gasteiger partial charge in [-0.25, -0.2) is 4.98 Å². The molecule has 2 heterocycles. The molecule has 1 aliphatic heterocycles. The summed E-state index contributed by atoms with van der Waals surface area (Å²) < 4.78 is 1.73. The van der Waals surface area contributed by atoms with Gasteiger partial charge < -0.3 is 10.6 Å². The Morgan fingerprint density at radius 3 is 3.00 bits per heavy atom. The highest BCUT2D eigenvalue weighted by molar-refractivity contribution is 5.76. The monoisotopic (exact) mass is 265 g/mol. The van der Waals surface area contributed by atoms with Crippen LogP contribution in [0.5, 0.6) is 0 Å². The summed E-state index contributed by atoms with van der Waals surface area (Å²) in [4.78, 5) is 15.7. The topological polar surface area (TPSA) is 71.8 Å². The molecule has 6 nitrogen and oxygen atoms in total. The minimum Gasteiger partial charge on any atom is -0.352 e. The van der Waals surface area contributed by atoms with Crippen molar-refractivity contribution in [3.63, 3.8) is 0 Å². The first-order valence-corrected chi connectivity index (χ1v) is 7.06. The molecule has 0 aliphatic carbocycles. The van der Waals surface area contributed by atoms with E-state index in [4.69, 9.17) is 0 Å². The lowest BCUT2D eigenvalue weighted by Crippen LogP contribution is -2.36. The van der Waals surface area contributed by atoms with Gasteiger partial charge in [-0.15, -0.1) is 0 Å². The van der Waals surface area contributed by atoms with Crippen LogP contribution in [0.2, 0.25) is 0 Å². The number of nitrogens with one attached hydrogen (secondary N) is 2. The Balaban J connectivity index is 1.63. The third-order valence-electron chi connectivity index (χ3n) is 3.57. The summed E-state index contributed by atoms with van der Waals surface area (Å²) in [6.07, 6.45) is 7.20. The predicted molar refractivity (Wildman–Crippen MR) is 72.5 cm³/mol. The van der Waals surface area contributed by atoms with Gasteiger partial charge in [0.2, 0.25) is 5.91 Å². The van der Waals surface area contributed by atoms with E-state index in [0.29, 0.717) is 18.9 Å². The molecule has 1 aliphatic rings. The van der Waals surface area contributed by atoms with Crippen molar-refractivity contribution >= 4 is 5.91 Å². The second-order valence-corrected chi connectivity index (χ2v) is 5.32. The fourth-order valence-corrected chi connectivity index (χ4v) is 2.51. The maximum Gasteiger partial charge on any atom is 0.220 e. The Morgan fingerprint density at radius 2 is 2.32 bits per heavy atom. The van der Waals surface area contributed by atoms with Gasteiger partial charge in [0, 0.05) is 12.5 Å². The number of carbonyl (C=O) groups is 1. The summed E-state index contributed by atoms with van der Waals surface area (Å²) in [5.41, 5.74) is 0. The van der Waals surface area contributed by atoms with Gasteiger partial charge in [0.05, 0.1) is 6.54 Å². The van der Waals surface area contributed by atoms with Crippen LogP contribution >= 0.6 is 0 Å². The molecule has 1 fully saturated rings. The third kappa shape index (κ3) is 4.98. The van der Waals surface area contributed by atoms with Gasteiger partial charge in [0.15, 0.2) is 0 Å². The number of piperidine rings is 1. The third-order valence-corrected chi connectivity index (χ3v) is 3.57. The molecule has 1 aromatic rings. The highest BCUT2D eigenvalue weighted by Crippen LogP contribution is 2.17. The van der Waals surface area contributed by atoms with Crippen LogP contribution in [-0.4, -0.2) is 39.8 Å². The summed E-state index contributed by atoms with van der Waals surface area (Å²) >= 11 is 0. The summed E-state index contributed by atoms with van der Waals surface area (Å²) in [7, 11) is 0. The van der Waals surface area contributed by atoms with Crippen LogP contribution in [0.4, 0.5) is 0 Å². The van der Waals surface area contributed by atoms with Crippen molar-refractivity contribution in [2.24, 2.45) is 5.92 Å². The lowest BCUT2D eigenvalue weighted by molar-refractivity contribution is -0.122. The van der Waals surface area contributed by atoms with Gasteiger partial charge in [-0.3, -0.25) is 9.48 Å². The van der Waals surface area contributed by atoms with Crippen molar-refractivity contribution in [1.29, 1.82) is 0 Å². The van der Waals surface area contributed by atoms with Crippen LogP contribution in [0.15, 0.2) is 12.7 Å². The van der Waals surface area contributed by atoms with E-state index in [9.17, 15) is 4.79 Å². The largest absolute Gasteiger partial charge is 0.352 e. The standard InChI is InChI=1S/C13H23N5O/c1-11(8-18-10-15-9-16-18)17-13(19)3-2-12-4-6-14-7-5-12/h9-12,14H,2-8H2,1H3,(H,17,19). The van der Waals surface area contributed by atoms with Crippen LogP contribution in [0.25, 0.3) is 0 Å². The van der Waals surface area contributed by atoms with Gasteiger partial charge in [-0.2, -0.15) is 5.10 Å². The summed E-state index contributed by atoms with van der Waals surface area (Å²) in [5.74, 6) is 0.851. The molecular weight excluding hydrogens is 242 g/mol. The Labute approximate surface area is 114 Å². The Hall–Kier alpha value is -1.43. The van der Waals surface area contributed by atoms with Crippen molar-refractivity contribution in [2.45, 2.75) is 45.2 Å². The number of hydrogen-bond acceptors (Lipinski definition) is 4. The fraction of sp³-hybridized carbons (Fsp3) is 0.769. The molecule has 0 saturated carbocycles. The van der Waals surface area contributed by atoms with E-state index >= 15 is 0 Å². The number of carbonyl (C=O) groups excluding carboxylic acids is 1. The molecule has 0 bridgehead atoms.